The fourth-order valence-corrected chi connectivity index (χ4v) is 1.65. The number of nitrogens with one attached hydrogen (secondary N) is 1. The van der Waals surface area contributed by atoms with E-state index in [9.17, 15) is 9.59 Å². The molecule has 1 saturated carbocycles. The van der Waals surface area contributed by atoms with Gasteiger partial charge in [-0.2, -0.15) is 0 Å². The van der Waals surface area contributed by atoms with Crippen molar-refractivity contribution in [2.45, 2.75) is 44.2 Å². The molecule has 1 atom stereocenters. The van der Waals surface area contributed by atoms with Crippen LogP contribution in [-0.2, 0) is 9.59 Å². The van der Waals surface area contributed by atoms with Crippen LogP contribution < -0.4 is 11.1 Å². The average Bonchev–Trinajstić information content (AvgIpc) is 2.18. The van der Waals surface area contributed by atoms with Crippen LogP contribution in [0.1, 0.15) is 32.1 Å². The van der Waals surface area contributed by atoms with E-state index < -0.39 is 17.9 Å². The van der Waals surface area contributed by atoms with E-state index in [2.05, 4.69) is 5.32 Å². The van der Waals surface area contributed by atoms with Crippen molar-refractivity contribution < 1.29 is 14.7 Å². The van der Waals surface area contributed by atoms with Gasteiger partial charge >= 0.3 is 5.97 Å². The van der Waals surface area contributed by atoms with E-state index >= 15 is 0 Å². The smallest absolute Gasteiger partial charge is 0.330 e. The molecule has 0 spiro atoms. The molecule has 5 nitrogen and oxygen atoms in total. The summed E-state index contributed by atoms with van der Waals surface area (Å²) in [6.07, 6.45) is 5.23. The molecule has 0 aliphatic heterocycles. The Morgan fingerprint density at radius 1 is 1.29 bits per heavy atom. The summed E-state index contributed by atoms with van der Waals surface area (Å²) in [7, 11) is 0. The van der Waals surface area contributed by atoms with E-state index in [0.717, 1.165) is 25.7 Å². The number of hydrogen-bond donors (Lipinski definition) is 3. The number of carboxylic acid groups (broad SMARTS) is 1. The second-order valence-corrected chi connectivity index (χ2v) is 3.66. The Morgan fingerprint density at radius 3 is 2.36 bits per heavy atom. The van der Waals surface area contributed by atoms with Gasteiger partial charge in [-0.3, -0.25) is 4.79 Å². The molecule has 14 heavy (non-hydrogen) atoms. The number of rotatable bonds is 3. The summed E-state index contributed by atoms with van der Waals surface area (Å²) in [6.45, 7) is 0. The lowest BCUT2D eigenvalue weighted by Crippen LogP contribution is -2.49. The molecule has 0 radical (unpaired) electrons. The van der Waals surface area contributed by atoms with Gasteiger partial charge in [0, 0.05) is 6.04 Å². The number of aliphatic carboxylic acids is 1. The normalized spacial score (nSPS) is 20.1. The molecule has 1 rings (SSSR count). The molecule has 5 heteroatoms. The van der Waals surface area contributed by atoms with Crippen molar-refractivity contribution in [3.8, 4) is 0 Å². The summed E-state index contributed by atoms with van der Waals surface area (Å²) in [5, 5.41) is 11.2. The second kappa shape index (κ2) is 4.95. The topological polar surface area (TPSA) is 92.4 Å². The summed E-state index contributed by atoms with van der Waals surface area (Å²) >= 11 is 0. The number of carbonyl (C=O) groups is 2. The Morgan fingerprint density at radius 2 is 1.86 bits per heavy atom. The van der Waals surface area contributed by atoms with Gasteiger partial charge in [-0.1, -0.05) is 19.3 Å². The van der Waals surface area contributed by atoms with E-state index in [1.165, 1.54) is 6.42 Å². The molecular formula is C9H16N2O3. The molecule has 1 fully saturated rings. The zero-order valence-electron chi connectivity index (χ0n) is 8.03. The predicted molar refractivity (Wildman–Crippen MR) is 50.6 cm³/mol. The Kier molecular flexibility index (Phi) is 3.88. The first-order chi connectivity index (χ1) is 6.61. The van der Waals surface area contributed by atoms with Gasteiger partial charge in [0.05, 0.1) is 0 Å². The molecule has 0 aromatic rings. The van der Waals surface area contributed by atoms with Crippen molar-refractivity contribution in [1.29, 1.82) is 0 Å². The number of carboxylic acids is 1. The van der Waals surface area contributed by atoms with E-state index in [4.69, 9.17) is 10.8 Å². The third-order valence-electron chi connectivity index (χ3n) is 2.50. The molecule has 1 aliphatic carbocycles. The molecular weight excluding hydrogens is 184 g/mol. The first kappa shape index (κ1) is 11.0. The summed E-state index contributed by atoms with van der Waals surface area (Å²) in [5.74, 6) is -1.86. The van der Waals surface area contributed by atoms with Crippen LogP contribution in [0.4, 0.5) is 0 Å². The summed E-state index contributed by atoms with van der Waals surface area (Å²) in [5.41, 5.74) is 5.17. The van der Waals surface area contributed by atoms with Crippen LogP contribution in [0, 0.1) is 0 Å². The highest BCUT2D eigenvalue weighted by Crippen LogP contribution is 2.17. The standard InChI is InChI=1S/C9H16N2O3/c10-7(9(13)14)8(12)11-6-4-2-1-3-5-6/h6-7H,1-5,10H2,(H,11,12)(H,13,14). The summed E-state index contributed by atoms with van der Waals surface area (Å²) in [6, 6.07) is -1.32. The Balaban J connectivity index is 2.35. The van der Waals surface area contributed by atoms with E-state index in [-0.39, 0.29) is 6.04 Å². The lowest BCUT2D eigenvalue weighted by Gasteiger charge is -2.23. The number of hydrogen-bond acceptors (Lipinski definition) is 3. The van der Waals surface area contributed by atoms with Crippen molar-refractivity contribution in [3.05, 3.63) is 0 Å². The highest BCUT2D eigenvalue weighted by Gasteiger charge is 2.24. The number of carbonyl (C=O) groups excluding carboxylic acids is 1. The molecule has 1 aliphatic rings. The van der Waals surface area contributed by atoms with E-state index in [0.29, 0.717) is 0 Å². The lowest BCUT2D eigenvalue weighted by atomic mass is 9.95. The van der Waals surface area contributed by atoms with Crippen molar-refractivity contribution in [2.24, 2.45) is 5.73 Å². The maximum atomic E-state index is 11.2. The lowest BCUT2D eigenvalue weighted by molar-refractivity contribution is -0.143. The maximum Gasteiger partial charge on any atom is 0.330 e. The van der Waals surface area contributed by atoms with Crippen molar-refractivity contribution in [3.63, 3.8) is 0 Å². The fourth-order valence-electron chi connectivity index (χ4n) is 1.65. The van der Waals surface area contributed by atoms with Crippen LogP contribution in [0.2, 0.25) is 0 Å². The van der Waals surface area contributed by atoms with Gasteiger partial charge in [-0.15, -0.1) is 0 Å². The number of nitrogens with two attached hydrogens (primary N) is 1. The van der Waals surface area contributed by atoms with Crippen LogP contribution in [-0.4, -0.2) is 29.1 Å². The van der Waals surface area contributed by atoms with Crippen molar-refractivity contribution in [2.75, 3.05) is 0 Å². The molecule has 0 saturated heterocycles. The van der Waals surface area contributed by atoms with Crippen LogP contribution in [0.5, 0.6) is 0 Å². The fraction of sp³-hybridized carbons (Fsp3) is 0.778. The third-order valence-corrected chi connectivity index (χ3v) is 2.50. The molecule has 4 N–H and O–H groups in total. The van der Waals surface area contributed by atoms with Gasteiger partial charge in [0.15, 0.2) is 6.04 Å². The van der Waals surface area contributed by atoms with Gasteiger partial charge in [-0.25, -0.2) is 4.79 Å². The Labute approximate surface area is 82.7 Å². The van der Waals surface area contributed by atoms with Gasteiger partial charge in [0.25, 0.3) is 0 Å². The monoisotopic (exact) mass is 200 g/mol. The minimum absolute atomic E-state index is 0.113. The van der Waals surface area contributed by atoms with Crippen LogP contribution in [0.3, 0.4) is 0 Å². The van der Waals surface area contributed by atoms with Crippen molar-refractivity contribution >= 4 is 11.9 Å². The molecule has 0 bridgehead atoms. The minimum atomic E-state index is -1.43. The van der Waals surface area contributed by atoms with Crippen molar-refractivity contribution in [1.82, 2.24) is 5.32 Å². The second-order valence-electron chi connectivity index (χ2n) is 3.66. The molecule has 1 unspecified atom stereocenters. The predicted octanol–water partition coefficient (Wildman–Crippen LogP) is -0.153. The zero-order chi connectivity index (χ0) is 10.6. The first-order valence-electron chi connectivity index (χ1n) is 4.90. The summed E-state index contributed by atoms with van der Waals surface area (Å²) in [4.78, 5) is 21.6. The number of amides is 1. The highest BCUT2D eigenvalue weighted by atomic mass is 16.4. The Hall–Kier alpha value is -1.10. The van der Waals surface area contributed by atoms with Gasteiger partial charge in [-0.05, 0) is 12.8 Å². The molecule has 0 aromatic heterocycles. The maximum absolute atomic E-state index is 11.2. The third kappa shape index (κ3) is 2.99. The Bertz CT molecular complexity index is 224. The van der Waals surface area contributed by atoms with Crippen LogP contribution >= 0.6 is 0 Å². The van der Waals surface area contributed by atoms with Gasteiger partial charge in [0.2, 0.25) is 5.91 Å². The van der Waals surface area contributed by atoms with Crippen LogP contribution in [0.15, 0.2) is 0 Å². The summed E-state index contributed by atoms with van der Waals surface area (Å²) < 4.78 is 0. The highest BCUT2D eigenvalue weighted by molar-refractivity contribution is 6.00. The van der Waals surface area contributed by atoms with E-state index in [1.54, 1.807) is 0 Å². The molecule has 0 heterocycles. The SMILES string of the molecule is NC(C(=O)O)C(=O)NC1CCCCC1. The van der Waals surface area contributed by atoms with E-state index in [1.807, 2.05) is 0 Å². The van der Waals surface area contributed by atoms with Gasteiger partial charge in [0.1, 0.15) is 0 Å². The largest absolute Gasteiger partial charge is 0.480 e. The first-order valence-corrected chi connectivity index (χ1v) is 4.90. The minimum Gasteiger partial charge on any atom is -0.480 e. The zero-order valence-corrected chi connectivity index (χ0v) is 8.03. The molecule has 0 aromatic carbocycles. The molecule has 80 valence electrons. The van der Waals surface area contributed by atoms with Crippen LogP contribution in [0.25, 0.3) is 0 Å². The molecule has 1 amide bonds. The average molecular weight is 200 g/mol. The quantitative estimate of drug-likeness (QED) is 0.552. The van der Waals surface area contributed by atoms with Gasteiger partial charge < -0.3 is 16.2 Å².